The Balaban J connectivity index is 1.64. The van der Waals surface area contributed by atoms with Crippen LogP contribution in [0.25, 0.3) is 0 Å². The van der Waals surface area contributed by atoms with Gasteiger partial charge in [0, 0.05) is 20.1 Å². The standard InChI is InChI=1S/C28H16Br2O5/c29-19-13-9-17(10-14-19)25(31)27(33)21-5-1-3-7-23(21)35-24-8-4-2-6-22(24)28(34)26(32)18-11-15-20(30)16-12-18/h1-16H. The Morgan fingerprint density at radius 1 is 0.457 bits per heavy atom. The second-order valence-electron chi connectivity index (χ2n) is 7.42. The van der Waals surface area contributed by atoms with E-state index in [0.717, 1.165) is 8.95 Å². The average molecular weight is 592 g/mol. The largest absolute Gasteiger partial charge is 0.456 e. The summed E-state index contributed by atoms with van der Waals surface area (Å²) in [5.74, 6) is -2.69. The van der Waals surface area contributed by atoms with Crippen molar-refractivity contribution in [3.05, 3.63) is 128 Å². The molecule has 0 unspecified atom stereocenters. The van der Waals surface area contributed by atoms with Gasteiger partial charge in [-0.15, -0.1) is 0 Å². The SMILES string of the molecule is O=C(C(=O)c1ccccc1Oc1ccccc1C(=O)C(=O)c1ccc(Br)cc1)c1ccc(Br)cc1. The summed E-state index contributed by atoms with van der Waals surface area (Å²) < 4.78 is 7.50. The smallest absolute Gasteiger partial charge is 0.237 e. The summed E-state index contributed by atoms with van der Waals surface area (Å²) in [6, 6.07) is 25.4. The van der Waals surface area contributed by atoms with Gasteiger partial charge in [-0.2, -0.15) is 0 Å². The molecule has 0 radical (unpaired) electrons. The highest BCUT2D eigenvalue weighted by atomic mass is 79.9. The zero-order chi connectivity index (χ0) is 24.9. The van der Waals surface area contributed by atoms with Gasteiger partial charge in [0.05, 0.1) is 11.1 Å². The molecule has 4 aromatic rings. The van der Waals surface area contributed by atoms with Crippen molar-refractivity contribution in [3.63, 3.8) is 0 Å². The normalized spacial score (nSPS) is 10.5. The quantitative estimate of drug-likeness (QED) is 0.161. The minimum Gasteiger partial charge on any atom is -0.456 e. The predicted octanol–water partition coefficient (Wildman–Crippen LogP) is 7.14. The van der Waals surface area contributed by atoms with Crippen molar-refractivity contribution in [2.45, 2.75) is 0 Å². The van der Waals surface area contributed by atoms with E-state index < -0.39 is 23.1 Å². The van der Waals surface area contributed by atoms with Crippen LogP contribution < -0.4 is 4.74 Å². The van der Waals surface area contributed by atoms with E-state index in [4.69, 9.17) is 4.74 Å². The second kappa shape index (κ2) is 10.7. The molecule has 172 valence electrons. The molecule has 0 aliphatic heterocycles. The Morgan fingerprint density at radius 3 is 1.17 bits per heavy atom. The lowest BCUT2D eigenvalue weighted by molar-refractivity contribution is 0.0813. The maximum atomic E-state index is 13.0. The first-order valence-electron chi connectivity index (χ1n) is 10.4. The molecule has 0 fully saturated rings. The van der Waals surface area contributed by atoms with Crippen LogP contribution in [0.2, 0.25) is 0 Å². The lowest BCUT2D eigenvalue weighted by atomic mass is 10.00. The van der Waals surface area contributed by atoms with Crippen LogP contribution in [0.3, 0.4) is 0 Å². The van der Waals surface area contributed by atoms with E-state index in [1.54, 1.807) is 72.8 Å². The van der Waals surface area contributed by atoms with Gasteiger partial charge in [0.25, 0.3) is 0 Å². The average Bonchev–Trinajstić information content (AvgIpc) is 2.88. The monoisotopic (exact) mass is 590 g/mol. The molecule has 35 heavy (non-hydrogen) atoms. The molecular formula is C28H16Br2O5. The van der Waals surface area contributed by atoms with E-state index in [2.05, 4.69) is 31.9 Å². The molecule has 0 N–H and O–H groups in total. The summed E-state index contributed by atoms with van der Waals surface area (Å²) in [4.78, 5) is 51.6. The van der Waals surface area contributed by atoms with Crippen molar-refractivity contribution in [3.8, 4) is 11.5 Å². The van der Waals surface area contributed by atoms with Gasteiger partial charge in [-0.1, -0.05) is 56.1 Å². The number of benzene rings is 4. The van der Waals surface area contributed by atoms with Gasteiger partial charge < -0.3 is 4.74 Å². The molecule has 4 rings (SSSR count). The van der Waals surface area contributed by atoms with Crippen LogP contribution >= 0.6 is 31.9 Å². The molecule has 0 spiro atoms. The van der Waals surface area contributed by atoms with Crippen molar-refractivity contribution < 1.29 is 23.9 Å². The third kappa shape index (κ3) is 5.53. The molecule has 0 aliphatic rings. The van der Waals surface area contributed by atoms with Crippen molar-refractivity contribution in [1.29, 1.82) is 0 Å². The fraction of sp³-hybridized carbons (Fsp3) is 0. The van der Waals surface area contributed by atoms with Gasteiger partial charge in [0.1, 0.15) is 11.5 Å². The zero-order valence-electron chi connectivity index (χ0n) is 18.0. The molecule has 0 heterocycles. The van der Waals surface area contributed by atoms with E-state index in [1.807, 2.05) is 0 Å². The topological polar surface area (TPSA) is 77.5 Å². The Morgan fingerprint density at radius 2 is 0.800 bits per heavy atom. The summed E-state index contributed by atoms with van der Waals surface area (Å²) in [7, 11) is 0. The Bertz CT molecular complexity index is 1330. The number of hydrogen-bond acceptors (Lipinski definition) is 5. The van der Waals surface area contributed by atoms with E-state index >= 15 is 0 Å². The van der Waals surface area contributed by atoms with Gasteiger partial charge in [0.2, 0.25) is 23.1 Å². The van der Waals surface area contributed by atoms with Crippen LogP contribution in [0.1, 0.15) is 41.4 Å². The maximum Gasteiger partial charge on any atom is 0.237 e. The highest BCUT2D eigenvalue weighted by Gasteiger charge is 2.25. The van der Waals surface area contributed by atoms with Crippen molar-refractivity contribution in [1.82, 2.24) is 0 Å². The number of ketones is 4. The number of carbonyl (C=O) groups excluding carboxylic acids is 4. The molecule has 0 aromatic heterocycles. The van der Waals surface area contributed by atoms with Crippen LogP contribution in [0, 0.1) is 0 Å². The highest BCUT2D eigenvalue weighted by Crippen LogP contribution is 2.30. The number of ether oxygens (including phenoxy) is 1. The van der Waals surface area contributed by atoms with Gasteiger partial charge >= 0.3 is 0 Å². The summed E-state index contributed by atoms with van der Waals surface area (Å²) in [5.41, 5.74) is 0.566. The van der Waals surface area contributed by atoms with Crippen LogP contribution in [0.4, 0.5) is 0 Å². The van der Waals surface area contributed by atoms with Crippen molar-refractivity contribution in [2.75, 3.05) is 0 Å². The fourth-order valence-corrected chi connectivity index (χ4v) is 3.84. The first kappa shape index (κ1) is 24.4. The molecule has 0 saturated carbocycles. The maximum absolute atomic E-state index is 13.0. The second-order valence-corrected chi connectivity index (χ2v) is 9.26. The minimum absolute atomic E-state index is 0.0434. The van der Waals surface area contributed by atoms with Crippen LogP contribution in [-0.4, -0.2) is 23.1 Å². The van der Waals surface area contributed by atoms with Crippen LogP contribution in [-0.2, 0) is 0 Å². The molecule has 5 nitrogen and oxygen atoms in total. The minimum atomic E-state index is -0.752. The Hall–Kier alpha value is -3.68. The van der Waals surface area contributed by atoms with Gasteiger partial charge in [0.15, 0.2) is 0 Å². The van der Waals surface area contributed by atoms with E-state index in [0.29, 0.717) is 0 Å². The number of halogens is 2. The molecule has 0 saturated heterocycles. The fourth-order valence-electron chi connectivity index (χ4n) is 3.31. The van der Waals surface area contributed by atoms with E-state index in [-0.39, 0.29) is 33.8 Å². The molecule has 0 amide bonds. The molecular weight excluding hydrogens is 576 g/mol. The number of para-hydroxylation sites is 2. The first-order chi connectivity index (χ1) is 16.8. The predicted molar refractivity (Wildman–Crippen MR) is 139 cm³/mol. The van der Waals surface area contributed by atoms with Gasteiger partial charge in [-0.05, 0) is 72.8 Å². The van der Waals surface area contributed by atoms with Crippen LogP contribution in [0.15, 0.2) is 106 Å². The van der Waals surface area contributed by atoms with E-state index in [9.17, 15) is 19.2 Å². The van der Waals surface area contributed by atoms with Crippen LogP contribution in [0.5, 0.6) is 11.5 Å². The Labute approximate surface area is 218 Å². The molecule has 4 aromatic carbocycles. The molecule has 0 atom stereocenters. The highest BCUT2D eigenvalue weighted by molar-refractivity contribution is 9.10. The number of carbonyl (C=O) groups is 4. The Kier molecular flexibility index (Phi) is 7.48. The number of hydrogen-bond donors (Lipinski definition) is 0. The zero-order valence-corrected chi connectivity index (χ0v) is 21.2. The van der Waals surface area contributed by atoms with Gasteiger partial charge in [-0.25, -0.2) is 0 Å². The lowest BCUT2D eigenvalue weighted by Gasteiger charge is -2.13. The molecule has 0 aliphatic carbocycles. The summed E-state index contributed by atoms with van der Waals surface area (Å²) >= 11 is 6.60. The lowest BCUT2D eigenvalue weighted by Crippen LogP contribution is -2.17. The third-order valence-electron chi connectivity index (χ3n) is 5.11. The number of rotatable bonds is 8. The van der Waals surface area contributed by atoms with Gasteiger partial charge in [-0.3, -0.25) is 19.2 Å². The summed E-state index contributed by atoms with van der Waals surface area (Å²) in [6.45, 7) is 0. The van der Waals surface area contributed by atoms with Crippen molar-refractivity contribution >= 4 is 55.0 Å². The first-order valence-corrected chi connectivity index (χ1v) is 12.0. The number of Topliss-reactive ketones (excluding diaryl/α,β-unsaturated/α-hetero) is 4. The molecule has 0 bridgehead atoms. The summed E-state index contributed by atoms with van der Waals surface area (Å²) in [5, 5.41) is 0. The molecule has 7 heteroatoms. The summed E-state index contributed by atoms with van der Waals surface area (Å²) in [6.07, 6.45) is 0. The van der Waals surface area contributed by atoms with E-state index in [1.165, 1.54) is 24.3 Å². The van der Waals surface area contributed by atoms with Crippen molar-refractivity contribution in [2.24, 2.45) is 0 Å². The third-order valence-corrected chi connectivity index (χ3v) is 6.17.